The Kier molecular flexibility index (Phi) is 6.07. The molecular weight excluding hydrogens is 482 g/mol. The van der Waals surface area contributed by atoms with Crippen LogP contribution in [0.3, 0.4) is 0 Å². The zero-order valence-electron chi connectivity index (χ0n) is 22.5. The first-order chi connectivity index (χ1) is 18.2. The predicted molar refractivity (Wildman–Crippen MR) is 146 cm³/mol. The van der Waals surface area contributed by atoms with Crippen molar-refractivity contribution in [2.45, 2.75) is 57.7 Å². The molecule has 2 aliphatic heterocycles. The van der Waals surface area contributed by atoms with E-state index in [0.29, 0.717) is 43.0 Å². The number of anilines is 1. The maximum Gasteiger partial charge on any atom is 0.264 e. The summed E-state index contributed by atoms with van der Waals surface area (Å²) in [4.78, 5) is 37.2. The summed E-state index contributed by atoms with van der Waals surface area (Å²) >= 11 is 0. The van der Waals surface area contributed by atoms with Crippen LogP contribution in [0.4, 0.5) is 5.69 Å². The number of amides is 1. The molecule has 2 saturated heterocycles. The number of benzene rings is 1. The molecule has 10 heteroatoms. The van der Waals surface area contributed by atoms with Crippen molar-refractivity contribution >= 4 is 22.6 Å². The predicted octanol–water partition coefficient (Wildman–Crippen LogP) is 1.88. The van der Waals surface area contributed by atoms with E-state index in [1.807, 2.05) is 24.0 Å². The van der Waals surface area contributed by atoms with E-state index >= 15 is 0 Å². The van der Waals surface area contributed by atoms with Crippen molar-refractivity contribution in [1.82, 2.24) is 29.1 Å². The molecule has 202 valence electrons. The van der Waals surface area contributed by atoms with E-state index < -0.39 is 5.60 Å². The molecule has 6 rings (SSSR count). The fraction of sp³-hybridized carbons (Fsp3) is 0.571. The quantitative estimate of drug-likeness (QED) is 0.549. The van der Waals surface area contributed by atoms with Gasteiger partial charge in [-0.1, -0.05) is 6.92 Å². The molecule has 3 fully saturated rings. The number of aromatic nitrogens is 4. The molecule has 0 bridgehead atoms. The average molecular weight is 520 g/mol. The Labute approximate surface area is 222 Å². The largest absolute Gasteiger partial charge is 0.388 e. The summed E-state index contributed by atoms with van der Waals surface area (Å²) in [6.07, 6.45) is 5.83. The summed E-state index contributed by atoms with van der Waals surface area (Å²) in [7, 11) is 2.16. The van der Waals surface area contributed by atoms with Crippen molar-refractivity contribution in [3.63, 3.8) is 0 Å². The second-order valence-electron chi connectivity index (χ2n) is 11.8. The van der Waals surface area contributed by atoms with Gasteiger partial charge in [-0.15, -0.1) is 0 Å². The Balaban J connectivity index is 1.17. The molecule has 0 radical (unpaired) electrons. The number of hydrogen-bond donors (Lipinski definition) is 1. The Morgan fingerprint density at radius 1 is 1.05 bits per heavy atom. The second-order valence-corrected chi connectivity index (χ2v) is 11.8. The van der Waals surface area contributed by atoms with E-state index in [1.54, 1.807) is 10.9 Å². The van der Waals surface area contributed by atoms with Gasteiger partial charge in [0.15, 0.2) is 5.65 Å². The van der Waals surface area contributed by atoms with Gasteiger partial charge in [-0.3, -0.25) is 14.2 Å². The molecule has 3 aromatic rings. The van der Waals surface area contributed by atoms with E-state index in [4.69, 9.17) is 0 Å². The molecule has 2 aromatic heterocycles. The molecule has 38 heavy (non-hydrogen) atoms. The molecule has 3 aliphatic rings. The van der Waals surface area contributed by atoms with Gasteiger partial charge in [-0.2, -0.15) is 5.10 Å². The number of likely N-dealkylation sites (tertiary alicyclic amines) is 1. The third kappa shape index (κ3) is 4.49. The zero-order chi connectivity index (χ0) is 26.7. The molecule has 4 heterocycles. The van der Waals surface area contributed by atoms with Crippen molar-refractivity contribution in [2.75, 3.05) is 44.7 Å². The number of piperidine rings is 1. The normalized spacial score (nSPS) is 23.1. The third-order valence-electron chi connectivity index (χ3n) is 8.94. The van der Waals surface area contributed by atoms with E-state index in [1.165, 1.54) is 16.6 Å². The number of hydrogen-bond acceptors (Lipinski definition) is 7. The van der Waals surface area contributed by atoms with Gasteiger partial charge in [0.2, 0.25) is 5.91 Å². The smallest absolute Gasteiger partial charge is 0.264 e. The van der Waals surface area contributed by atoms with Crippen molar-refractivity contribution in [1.29, 1.82) is 0 Å². The number of fused-ring (bicyclic) bond motifs is 1. The first-order valence-corrected chi connectivity index (χ1v) is 13.7. The number of nitrogens with zero attached hydrogens (tertiary/aromatic N) is 7. The average Bonchev–Trinajstić information content (AvgIpc) is 3.52. The van der Waals surface area contributed by atoms with Gasteiger partial charge in [0.25, 0.3) is 5.56 Å². The number of piperazine rings is 1. The van der Waals surface area contributed by atoms with Gasteiger partial charge in [0.1, 0.15) is 11.7 Å². The molecule has 0 spiro atoms. The van der Waals surface area contributed by atoms with Crippen LogP contribution in [0, 0.1) is 5.41 Å². The van der Waals surface area contributed by atoms with Gasteiger partial charge in [0, 0.05) is 49.9 Å². The number of likely N-dealkylation sites (N-methyl/N-ethyl adjacent to an activating group) is 1. The molecule has 1 aromatic carbocycles. The number of aliphatic hydroxyl groups is 1. The van der Waals surface area contributed by atoms with Crippen LogP contribution < -0.4 is 10.5 Å². The fourth-order valence-corrected chi connectivity index (χ4v) is 5.72. The van der Waals surface area contributed by atoms with Gasteiger partial charge < -0.3 is 19.8 Å². The van der Waals surface area contributed by atoms with Crippen LogP contribution in [-0.4, -0.2) is 91.6 Å². The summed E-state index contributed by atoms with van der Waals surface area (Å²) < 4.78 is 3.17. The summed E-state index contributed by atoms with van der Waals surface area (Å²) in [6.45, 7) is 8.44. The minimum atomic E-state index is -1.05. The van der Waals surface area contributed by atoms with Gasteiger partial charge in [-0.05, 0) is 63.9 Å². The van der Waals surface area contributed by atoms with Gasteiger partial charge >= 0.3 is 0 Å². The first kappa shape index (κ1) is 25.1. The molecule has 1 aliphatic carbocycles. The summed E-state index contributed by atoms with van der Waals surface area (Å²) in [6, 6.07) is 8.72. The lowest BCUT2D eigenvalue weighted by Gasteiger charge is -2.39. The number of rotatable bonds is 5. The minimum Gasteiger partial charge on any atom is -0.388 e. The molecule has 0 unspecified atom stereocenters. The van der Waals surface area contributed by atoms with Crippen LogP contribution in [0.15, 0.2) is 41.6 Å². The van der Waals surface area contributed by atoms with Crippen molar-refractivity contribution < 1.29 is 9.90 Å². The summed E-state index contributed by atoms with van der Waals surface area (Å²) in [5.41, 5.74) is 1.04. The standard InChI is InChI=1S/C28H37N7O3/c1-20-17-33(15-14-31(20)3)21-4-6-22(7-5-21)35-24-23(16-30-35)25(36)34(19-29-24)18-28(38)10-12-32(13-11-28)26(37)27(2)8-9-27/h4-7,16,19-20,38H,8-15,17-18H2,1-3H3/t20-/m0/s1. The van der Waals surface area contributed by atoms with Crippen molar-refractivity contribution in [2.24, 2.45) is 5.41 Å². The molecule has 1 amide bonds. The van der Waals surface area contributed by atoms with Crippen LogP contribution in [0.25, 0.3) is 16.7 Å². The lowest BCUT2D eigenvalue weighted by Crippen LogP contribution is -2.51. The fourth-order valence-electron chi connectivity index (χ4n) is 5.72. The Hall–Kier alpha value is -3.24. The Morgan fingerprint density at radius 3 is 2.39 bits per heavy atom. The van der Waals surface area contributed by atoms with E-state index in [2.05, 4.69) is 46.0 Å². The van der Waals surface area contributed by atoms with Gasteiger partial charge in [0.05, 0.1) is 24.0 Å². The van der Waals surface area contributed by atoms with Crippen LogP contribution >= 0.6 is 0 Å². The highest BCUT2D eigenvalue weighted by atomic mass is 16.3. The van der Waals surface area contributed by atoms with Gasteiger partial charge in [-0.25, -0.2) is 9.67 Å². The van der Waals surface area contributed by atoms with E-state index in [-0.39, 0.29) is 23.4 Å². The third-order valence-corrected chi connectivity index (χ3v) is 8.94. The topological polar surface area (TPSA) is 99.7 Å². The van der Waals surface area contributed by atoms with E-state index in [9.17, 15) is 14.7 Å². The highest BCUT2D eigenvalue weighted by Gasteiger charge is 2.48. The highest BCUT2D eigenvalue weighted by Crippen LogP contribution is 2.47. The Bertz CT molecular complexity index is 1400. The highest BCUT2D eigenvalue weighted by molar-refractivity contribution is 5.85. The van der Waals surface area contributed by atoms with Crippen molar-refractivity contribution in [3.8, 4) is 5.69 Å². The zero-order valence-corrected chi connectivity index (χ0v) is 22.5. The van der Waals surface area contributed by atoms with Crippen LogP contribution in [0.1, 0.15) is 39.5 Å². The first-order valence-electron chi connectivity index (χ1n) is 13.7. The van der Waals surface area contributed by atoms with Crippen molar-refractivity contribution in [3.05, 3.63) is 47.1 Å². The molecule has 1 N–H and O–H groups in total. The number of carbonyl (C=O) groups excluding carboxylic acids is 1. The lowest BCUT2D eigenvalue weighted by molar-refractivity contribution is -0.141. The molecular formula is C28H37N7O3. The summed E-state index contributed by atoms with van der Waals surface area (Å²) in [5.74, 6) is 0.193. The molecule has 10 nitrogen and oxygen atoms in total. The number of carbonyl (C=O) groups is 1. The Morgan fingerprint density at radius 2 is 1.74 bits per heavy atom. The maximum atomic E-state index is 13.3. The van der Waals surface area contributed by atoms with Crippen LogP contribution in [-0.2, 0) is 11.3 Å². The maximum absolute atomic E-state index is 13.3. The monoisotopic (exact) mass is 519 g/mol. The van der Waals surface area contributed by atoms with Crippen LogP contribution in [0.2, 0.25) is 0 Å². The molecule has 1 atom stereocenters. The SMILES string of the molecule is C[C@H]1CN(c2ccc(-n3ncc4c(=O)n(CC5(O)CCN(C(=O)C6(C)CC6)CC5)cnc43)cc2)CCN1C. The minimum absolute atomic E-state index is 0.150. The van der Waals surface area contributed by atoms with E-state index in [0.717, 1.165) is 38.2 Å². The second kappa shape index (κ2) is 9.20. The lowest BCUT2D eigenvalue weighted by atomic mass is 9.90. The molecule has 1 saturated carbocycles. The summed E-state index contributed by atoms with van der Waals surface area (Å²) in [5, 5.41) is 16.1. The van der Waals surface area contributed by atoms with Crippen LogP contribution in [0.5, 0.6) is 0 Å².